The van der Waals surface area contributed by atoms with Crippen molar-refractivity contribution in [2.75, 3.05) is 18.5 Å². The zero-order valence-corrected chi connectivity index (χ0v) is 23.3. The monoisotopic (exact) mass is 627 g/mol. The molecule has 15 heteroatoms. The van der Waals surface area contributed by atoms with Gasteiger partial charge in [0.1, 0.15) is 17.5 Å². The molecule has 3 N–H and O–H groups in total. The van der Waals surface area contributed by atoms with Crippen LogP contribution in [-0.2, 0) is 19.2 Å². The van der Waals surface area contributed by atoms with Gasteiger partial charge in [-0.2, -0.15) is 0 Å². The van der Waals surface area contributed by atoms with Crippen molar-refractivity contribution in [3.63, 3.8) is 0 Å². The first kappa shape index (κ1) is 27.5. The molecule has 5 rings (SSSR count). The number of rotatable bonds is 7. The Morgan fingerprint density at radius 2 is 1.82 bits per heavy atom. The number of carbonyl (C=O) groups is 4. The lowest BCUT2D eigenvalue weighted by atomic mass is 9.82. The fourth-order valence-electron chi connectivity index (χ4n) is 4.51. The first-order valence-corrected chi connectivity index (χ1v) is 14.0. The number of aromatic nitrogens is 1. The molecule has 1 saturated heterocycles. The standard InChI is InChI=1S/C24H16Cl3N3O7S2/c25-9-1-4-14(37-8-15(31)28-10-2-3-12(26)13(27)6-10)11(5-9)17-18-20(38-21-19(17)39-24(36)29-21)23(35)30(22(18)34)7-16(32)33/h1-6,17-18,20H,7-8H2,(H,28,31)(H,29,36)(H,32,33)/t17-,18?,20?/m0/s1. The molecule has 1 aromatic heterocycles. The maximum atomic E-state index is 13.4. The van der Waals surface area contributed by atoms with Crippen LogP contribution in [0.2, 0.25) is 15.1 Å². The van der Waals surface area contributed by atoms with E-state index in [-0.39, 0.29) is 20.7 Å². The van der Waals surface area contributed by atoms with E-state index in [1.807, 2.05) is 0 Å². The molecule has 10 nitrogen and oxygen atoms in total. The number of ether oxygens (including phenoxy) is 1. The number of aliphatic carboxylic acids is 1. The predicted octanol–water partition coefficient (Wildman–Crippen LogP) is 4.09. The number of anilines is 1. The Bertz CT molecular complexity index is 1590. The summed E-state index contributed by atoms with van der Waals surface area (Å²) in [5.41, 5.74) is 0.770. The first-order chi connectivity index (χ1) is 18.5. The highest BCUT2D eigenvalue weighted by Gasteiger charge is 2.56. The summed E-state index contributed by atoms with van der Waals surface area (Å²) in [6.45, 7) is -1.21. The quantitative estimate of drug-likeness (QED) is 0.332. The number of thioether (sulfide) groups is 1. The average molecular weight is 629 g/mol. The topological polar surface area (TPSA) is 146 Å². The lowest BCUT2D eigenvalue weighted by Gasteiger charge is -2.31. The molecular weight excluding hydrogens is 613 g/mol. The number of thiazole rings is 1. The average Bonchev–Trinajstić information content (AvgIpc) is 3.36. The number of nitrogens with zero attached hydrogens (tertiary/aromatic N) is 1. The molecule has 2 unspecified atom stereocenters. The number of fused-ring (bicyclic) bond motifs is 2. The minimum Gasteiger partial charge on any atom is -0.483 e. The number of halogens is 3. The van der Waals surface area contributed by atoms with Gasteiger partial charge in [-0.1, -0.05) is 57.9 Å². The SMILES string of the molecule is O=C(O)CN1C(=O)C2Sc3[nH]c(=O)sc3[C@@H](c3cc(Cl)ccc3OCC(=O)Nc3ccc(Cl)c(Cl)c3)C2C1=O. The van der Waals surface area contributed by atoms with Crippen molar-refractivity contribution in [1.82, 2.24) is 9.88 Å². The summed E-state index contributed by atoms with van der Waals surface area (Å²) >= 11 is 20.1. The van der Waals surface area contributed by atoms with Gasteiger partial charge in [0.2, 0.25) is 11.8 Å². The summed E-state index contributed by atoms with van der Waals surface area (Å²) in [5, 5.41) is 12.2. The van der Waals surface area contributed by atoms with E-state index < -0.39 is 53.9 Å². The van der Waals surface area contributed by atoms with Gasteiger partial charge in [-0.05, 0) is 36.4 Å². The smallest absolute Gasteiger partial charge is 0.323 e. The number of imide groups is 1. The molecule has 0 bridgehead atoms. The normalized spacial score (nSPS) is 20.0. The van der Waals surface area contributed by atoms with Crippen molar-refractivity contribution >= 4 is 87.3 Å². The van der Waals surface area contributed by atoms with E-state index in [1.54, 1.807) is 6.07 Å². The summed E-state index contributed by atoms with van der Waals surface area (Å²) in [6, 6.07) is 9.17. The van der Waals surface area contributed by atoms with Crippen molar-refractivity contribution in [3.05, 3.63) is 71.6 Å². The van der Waals surface area contributed by atoms with Gasteiger partial charge in [-0.15, -0.1) is 0 Å². The maximum absolute atomic E-state index is 13.4. The predicted molar refractivity (Wildman–Crippen MR) is 146 cm³/mol. The third-order valence-corrected chi connectivity index (χ3v) is 9.45. The van der Waals surface area contributed by atoms with Gasteiger partial charge < -0.3 is 20.1 Å². The molecule has 0 saturated carbocycles. The molecule has 2 aromatic carbocycles. The lowest BCUT2D eigenvalue weighted by Crippen LogP contribution is -2.36. The number of carboxylic acid groups (broad SMARTS) is 1. The molecule has 0 aliphatic carbocycles. The van der Waals surface area contributed by atoms with Gasteiger partial charge in [0.05, 0.1) is 21.0 Å². The van der Waals surface area contributed by atoms with Gasteiger partial charge in [-0.3, -0.25) is 28.9 Å². The maximum Gasteiger partial charge on any atom is 0.323 e. The van der Waals surface area contributed by atoms with E-state index in [4.69, 9.17) is 39.5 Å². The molecule has 3 atom stereocenters. The molecule has 2 aliphatic rings. The van der Waals surface area contributed by atoms with Crippen molar-refractivity contribution < 1.29 is 29.0 Å². The second kappa shape index (κ2) is 10.9. The Balaban J connectivity index is 1.48. The highest BCUT2D eigenvalue weighted by molar-refractivity contribution is 8.00. The summed E-state index contributed by atoms with van der Waals surface area (Å²) in [7, 11) is 0. The molecule has 2 aliphatic heterocycles. The number of H-pyrrole nitrogens is 1. The number of carboxylic acids is 1. The van der Waals surface area contributed by atoms with Crippen LogP contribution in [0.5, 0.6) is 5.75 Å². The summed E-state index contributed by atoms with van der Waals surface area (Å²) in [4.78, 5) is 66.2. The third kappa shape index (κ3) is 5.39. The Hall–Kier alpha value is -3.03. The second-order valence-corrected chi connectivity index (χ2v) is 12.0. The Morgan fingerprint density at radius 1 is 1.05 bits per heavy atom. The Kier molecular flexibility index (Phi) is 7.66. The van der Waals surface area contributed by atoms with Crippen LogP contribution in [0.4, 0.5) is 5.69 Å². The van der Waals surface area contributed by atoms with E-state index in [0.29, 0.717) is 31.1 Å². The van der Waals surface area contributed by atoms with Crippen LogP contribution in [0.1, 0.15) is 16.4 Å². The minimum atomic E-state index is -1.33. The third-order valence-electron chi connectivity index (χ3n) is 6.08. The summed E-state index contributed by atoms with van der Waals surface area (Å²) in [5.74, 6) is -4.88. The van der Waals surface area contributed by atoms with Crippen LogP contribution < -0.4 is 14.9 Å². The van der Waals surface area contributed by atoms with Gasteiger partial charge in [-0.25, -0.2) is 0 Å². The van der Waals surface area contributed by atoms with E-state index >= 15 is 0 Å². The van der Waals surface area contributed by atoms with E-state index in [0.717, 1.165) is 23.1 Å². The van der Waals surface area contributed by atoms with E-state index in [1.165, 1.54) is 30.3 Å². The highest BCUT2D eigenvalue weighted by atomic mass is 35.5. The van der Waals surface area contributed by atoms with Crippen molar-refractivity contribution in [2.24, 2.45) is 5.92 Å². The Labute approximate surface area is 243 Å². The largest absolute Gasteiger partial charge is 0.483 e. The molecular formula is C24H16Cl3N3O7S2. The molecule has 3 heterocycles. The zero-order valence-electron chi connectivity index (χ0n) is 19.4. The molecule has 0 spiro atoms. The minimum absolute atomic E-state index is 0.197. The van der Waals surface area contributed by atoms with Crippen LogP contribution in [0.15, 0.2) is 46.2 Å². The fourth-order valence-corrected chi connectivity index (χ4v) is 7.52. The number of benzene rings is 2. The number of nitrogens with one attached hydrogen (secondary N) is 2. The number of hydrogen-bond donors (Lipinski definition) is 3. The lowest BCUT2D eigenvalue weighted by molar-refractivity contribution is -0.149. The van der Waals surface area contributed by atoms with Crippen LogP contribution >= 0.6 is 57.9 Å². The van der Waals surface area contributed by atoms with E-state index in [2.05, 4.69) is 10.3 Å². The van der Waals surface area contributed by atoms with Crippen LogP contribution in [0, 0.1) is 5.92 Å². The highest BCUT2D eigenvalue weighted by Crippen LogP contribution is 2.54. The van der Waals surface area contributed by atoms with E-state index in [9.17, 15) is 29.1 Å². The van der Waals surface area contributed by atoms with Gasteiger partial charge in [0.25, 0.3) is 5.91 Å². The van der Waals surface area contributed by atoms with Gasteiger partial charge >= 0.3 is 10.8 Å². The number of aromatic amines is 1. The molecule has 202 valence electrons. The number of hydrogen-bond acceptors (Lipinski definition) is 8. The number of carbonyl (C=O) groups excluding carboxylic acids is 3. The molecule has 39 heavy (non-hydrogen) atoms. The first-order valence-electron chi connectivity index (χ1n) is 11.2. The zero-order chi connectivity index (χ0) is 28.0. The number of likely N-dealkylation sites (tertiary alicyclic amines) is 1. The van der Waals surface area contributed by atoms with Crippen LogP contribution in [0.25, 0.3) is 0 Å². The Morgan fingerprint density at radius 3 is 2.54 bits per heavy atom. The van der Waals surface area contributed by atoms with Crippen LogP contribution in [0.3, 0.4) is 0 Å². The van der Waals surface area contributed by atoms with Crippen LogP contribution in [-0.4, -0.2) is 57.1 Å². The van der Waals surface area contributed by atoms with Crippen molar-refractivity contribution in [2.45, 2.75) is 16.2 Å². The van der Waals surface area contributed by atoms with Gasteiger partial charge in [0, 0.05) is 27.1 Å². The molecule has 3 aromatic rings. The van der Waals surface area contributed by atoms with Crippen molar-refractivity contribution in [1.29, 1.82) is 0 Å². The second-order valence-electron chi connectivity index (χ2n) is 8.55. The van der Waals surface area contributed by atoms with Gasteiger partial charge in [0.15, 0.2) is 6.61 Å². The molecule has 3 amide bonds. The summed E-state index contributed by atoms with van der Waals surface area (Å²) < 4.78 is 5.83. The number of amides is 3. The molecule has 1 fully saturated rings. The molecule has 0 radical (unpaired) electrons. The fraction of sp³-hybridized carbons (Fsp3) is 0.208. The summed E-state index contributed by atoms with van der Waals surface area (Å²) in [6.07, 6.45) is 0. The van der Waals surface area contributed by atoms with Crippen molar-refractivity contribution in [3.8, 4) is 5.75 Å².